The van der Waals surface area contributed by atoms with E-state index in [0.29, 0.717) is 19.6 Å². The van der Waals surface area contributed by atoms with Crippen molar-refractivity contribution in [2.75, 3.05) is 20.3 Å². The summed E-state index contributed by atoms with van der Waals surface area (Å²) in [7, 11) is 2.82. The lowest BCUT2D eigenvalue weighted by molar-refractivity contribution is -0.141. The molecule has 5 nitrogen and oxygen atoms in total. The summed E-state index contributed by atoms with van der Waals surface area (Å²) in [5.41, 5.74) is -1.20. The Morgan fingerprint density at radius 2 is 2.22 bits per heavy atom. The standard InChI is InChI=1S/C10H14F3N3O2/c1-16-7(6-8(15-16)10(11,12)13)9(17)14-4-3-5-18-2/h6H,3-5H2,1-2H3,(H,14,17). The van der Waals surface area contributed by atoms with Gasteiger partial charge < -0.3 is 10.1 Å². The summed E-state index contributed by atoms with van der Waals surface area (Å²) in [5, 5.41) is 5.75. The van der Waals surface area contributed by atoms with Gasteiger partial charge in [-0.3, -0.25) is 9.48 Å². The fourth-order valence-corrected chi connectivity index (χ4v) is 1.33. The SMILES string of the molecule is COCCCNC(=O)c1cc(C(F)(F)F)nn1C. The quantitative estimate of drug-likeness (QED) is 0.814. The highest BCUT2D eigenvalue weighted by molar-refractivity contribution is 5.92. The van der Waals surface area contributed by atoms with Crippen molar-refractivity contribution in [1.29, 1.82) is 0 Å². The number of nitrogens with one attached hydrogen (secondary N) is 1. The Bertz CT molecular complexity index is 415. The second-order valence-electron chi connectivity index (χ2n) is 3.64. The van der Waals surface area contributed by atoms with Gasteiger partial charge in [-0.25, -0.2) is 0 Å². The third kappa shape index (κ3) is 3.73. The molecule has 0 aliphatic heterocycles. The van der Waals surface area contributed by atoms with Gasteiger partial charge in [0.2, 0.25) is 0 Å². The number of aryl methyl sites for hydroxylation is 1. The minimum atomic E-state index is -4.55. The Morgan fingerprint density at radius 1 is 1.56 bits per heavy atom. The molecule has 1 aromatic rings. The van der Waals surface area contributed by atoms with Gasteiger partial charge in [-0.2, -0.15) is 18.3 Å². The second-order valence-corrected chi connectivity index (χ2v) is 3.64. The molecule has 0 saturated carbocycles. The minimum Gasteiger partial charge on any atom is -0.385 e. The number of carbonyl (C=O) groups is 1. The number of hydrogen-bond donors (Lipinski definition) is 1. The Kier molecular flexibility index (Phi) is 4.71. The number of amides is 1. The van der Waals surface area contributed by atoms with E-state index in [-0.39, 0.29) is 5.69 Å². The molecule has 102 valence electrons. The van der Waals surface area contributed by atoms with E-state index in [0.717, 1.165) is 10.7 Å². The van der Waals surface area contributed by atoms with E-state index in [9.17, 15) is 18.0 Å². The van der Waals surface area contributed by atoms with Gasteiger partial charge in [0.1, 0.15) is 5.69 Å². The fraction of sp³-hybridized carbons (Fsp3) is 0.600. The van der Waals surface area contributed by atoms with Gasteiger partial charge in [0, 0.05) is 33.4 Å². The van der Waals surface area contributed by atoms with Crippen molar-refractivity contribution in [3.05, 3.63) is 17.5 Å². The Balaban J connectivity index is 2.66. The number of halogens is 3. The molecule has 1 heterocycles. The lowest BCUT2D eigenvalue weighted by Crippen LogP contribution is -2.27. The largest absolute Gasteiger partial charge is 0.435 e. The lowest BCUT2D eigenvalue weighted by atomic mass is 10.3. The summed E-state index contributed by atoms with van der Waals surface area (Å²) in [5.74, 6) is -0.586. The zero-order valence-corrected chi connectivity index (χ0v) is 10.0. The number of methoxy groups -OCH3 is 1. The molecule has 1 N–H and O–H groups in total. The van der Waals surface area contributed by atoms with E-state index in [4.69, 9.17) is 4.74 Å². The number of carbonyl (C=O) groups excluding carboxylic acids is 1. The van der Waals surface area contributed by atoms with E-state index >= 15 is 0 Å². The third-order valence-electron chi connectivity index (χ3n) is 2.21. The molecule has 8 heteroatoms. The van der Waals surface area contributed by atoms with Crippen LogP contribution in [0.5, 0.6) is 0 Å². The average Bonchev–Trinajstić information content (AvgIpc) is 2.66. The van der Waals surface area contributed by atoms with Crippen molar-refractivity contribution in [3.8, 4) is 0 Å². The summed E-state index contributed by atoms with van der Waals surface area (Å²) >= 11 is 0. The molecule has 18 heavy (non-hydrogen) atoms. The Morgan fingerprint density at radius 3 is 2.72 bits per heavy atom. The molecule has 0 spiro atoms. The number of ether oxygens (including phenoxy) is 1. The maximum absolute atomic E-state index is 12.4. The number of rotatable bonds is 5. The van der Waals surface area contributed by atoms with Gasteiger partial charge in [0.15, 0.2) is 5.69 Å². The van der Waals surface area contributed by atoms with Crippen LogP contribution in [0.4, 0.5) is 13.2 Å². The van der Waals surface area contributed by atoms with Crippen molar-refractivity contribution in [1.82, 2.24) is 15.1 Å². The first-order valence-corrected chi connectivity index (χ1v) is 5.24. The van der Waals surface area contributed by atoms with Crippen molar-refractivity contribution < 1.29 is 22.7 Å². The van der Waals surface area contributed by atoms with Crippen LogP contribution in [-0.2, 0) is 18.0 Å². The molecular weight excluding hydrogens is 251 g/mol. The number of nitrogens with zero attached hydrogens (tertiary/aromatic N) is 2. The highest BCUT2D eigenvalue weighted by Crippen LogP contribution is 2.28. The minimum absolute atomic E-state index is 0.125. The normalized spacial score (nSPS) is 11.6. The predicted octanol–water partition coefficient (Wildman–Crippen LogP) is 1.21. The van der Waals surface area contributed by atoms with E-state index < -0.39 is 17.8 Å². The Labute approximate surface area is 102 Å². The van der Waals surface area contributed by atoms with Gasteiger partial charge in [-0.1, -0.05) is 0 Å². The molecule has 1 rings (SSSR count). The van der Waals surface area contributed by atoms with Crippen LogP contribution in [0.25, 0.3) is 0 Å². The zero-order valence-electron chi connectivity index (χ0n) is 10.0. The molecule has 0 aromatic carbocycles. The van der Waals surface area contributed by atoms with E-state index in [1.54, 1.807) is 0 Å². The fourth-order valence-electron chi connectivity index (χ4n) is 1.33. The molecule has 0 radical (unpaired) electrons. The van der Waals surface area contributed by atoms with Crippen LogP contribution < -0.4 is 5.32 Å². The van der Waals surface area contributed by atoms with Gasteiger partial charge >= 0.3 is 6.18 Å². The van der Waals surface area contributed by atoms with Crippen molar-refractivity contribution in [3.63, 3.8) is 0 Å². The van der Waals surface area contributed by atoms with Gasteiger partial charge in [-0.15, -0.1) is 0 Å². The number of alkyl halides is 3. The number of hydrogen-bond acceptors (Lipinski definition) is 3. The van der Waals surface area contributed by atoms with Gasteiger partial charge in [-0.05, 0) is 6.42 Å². The first kappa shape index (κ1) is 14.5. The topological polar surface area (TPSA) is 56.1 Å². The van der Waals surface area contributed by atoms with Gasteiger partial charge in [0.25, 0.3) is 5.91 Å². The molecule has 1 aromatic heterocycles. The van der Waals surface area contributed by atoms with Crippen LogP contribution in [0.15, 0.2) is 6.07 Å². The van der Waals surface area contributed by atoms with E-state index in [1.165, 1.54) is 14.2 Å². The first-order chi connectivity index (χ1) is 8.36. The first-order valence-electron chi connectivity index (χ1n) is 5.24. The van der Waals surface area contributed by atoms with Crippen LogP contribution in [0, 0.1) is 0 Å². The van der Waals surface area contributed by atoms with Gasteiger partial charge in [0.05, 0.1) is 0 Å². The summed E-state index contributed by atoms with van der Waals surface area (Å²) in [6, 6.07) is 0.728. The van der Waals surface area contributed by atoms with Crippen LogP contribution in [0.1, 0.15) is 22.6 Å². The molecule has 0 bridgehead atoms. The molecule has 0 aliphatic carbocycles. The zero-order chi connectivity index (χ0) is 13.8. The van der Waals surface area contributed by atoms with E-state index in [1.807, 2.05) is 0 Å². The summed E-state index contributed by atoms with van der Waals surface area (Å²) in [6.45, 7) is 0.804. The summed E-state index contributed by atoms with van der Waals surface area (Å²) < 4.78 is 42.8. The monoisotopic (exact) mass is 265 g/mol. The number of aromatic nitrogens is 2. The predicted molar refractivity (Wildman–Crippen MR) is 57.0 cm³/mol. The van der Waals surface area contributed by atoms with Crippen LogP contribution in [0.3, 0.4) is 0 Å². The lowest BCUT2D eigenvalue weighted by Gasteiger charge is -2.04. The maximum Gasteiger partial charge on any atom is 0.435 e. The van der Waals surface area contributed by atoms with Crippen LogP contribution >= 0.6 is 0 Å². The highest BCUT2D eigenvalue weighted by atomic mass is 19.4. The van der Waals surface area contributed by atoms with Crippen LogP contribution in [0.2, 0.25) is 0 Å². The molecule has 0 unspecified atom stereocenters. The second kappa shape index (κ2) is 5.85. The molecular formula is C10H14F3N3O2. The highest BCUT2D eigenvalue weighted by Gasteiger charge is 2.35. The summed E-state index contributed by atoms with van der Waals surface area (Å²) in [4.78, 5) is 11.6. The van der Waals surface area contributed by atoms with E-state index in [2.05, 4.69) is 10.4 Å². The Hall–Kier alpha value is -1.57. The summed E-state index contributed by atoms with van der Waals surface area (Å²) in [6.07, 6.45) is -3.96. The molecule has 0 atom stereocenters. The molecule has 0 saturated heterocycles. The van der Waals surface area contributed by atoms with Crippen molar-refractivity contribution in [2.24, 2.45) is 7.05 Å². The van der Waals surface area contributed by atoms with Crippen molar-refractivity contribution >= 4 is 5.91 Å². The molecule has 0 aliphatic rings. The molecule has 0 fully saturated rings. The average molecular weight is 265 g/mol. The van der Waals surface area contributed by atoms with Crippen molar-refractivity contribution in [2.45, 2.75) is 12.6 Å². The van der Waals surface area contributed by atoms with Crippen LogP contribution in [-0.4, -0.2) is 35.9 Å². The third-order valence-corrected chi connectivity index (χ3v) is 2.21. The smallest absolute Gasteiger partial charge is 0.385 e. The molecule has 1 amide bonds. The maximum atomic E-state index is 12.4.